The van der Waals surface area contributed by atoms with Gasteiger partial charge >= 0.3 is 5.97 Å². The van der Waals surface area contributed by atoms with Gasteiger partial charge in [-0.3, -0.25) is 9.69 Å². The van der Waals surface area contributed by atoms with Crippen molar-refractivity contribution < 1.29 is 19.1 Å². The summed E-state index contributed by atoms with van der Waals surface area (Å²) in [5, 5.41) is 0. The molecule has 0 aliphatic carbocycles. The molecule has 2 heterocycles. The van der Waals surface area contributed by atoms with Gasteiger partial charge in [-0.25, -0.2) is 4.79 Å². The smallest absolute Gasteiger partial charge is 0.338 e. The highest BCUT2D eigenvalue weighted by molar-refractivity contribution is 6.09. The van der Waals surface area contributed by atoms with Crippen LogP contribution in [0, 0.1) is 5.92 Å². The largest absolute Gasteiger partial charge is 0.497 e. The zero-order chi connectivity index (χ0) is 22.5. The molecule has 4 rings (SSSR count). The molecule has 1 aromatic heterocycles. The van der Waals surface area contributed by atoms with E-state index < -0.39 is 0 Å². The summed E-state index contributed by atoms with van der Waals surface area (Å²) in [6.45, 7) is 1.36. The van der Waals surface area contributed by atoms with Crippen LogP contribution in [0.5, 0.6) is 5.75 Å². The monoisotopic (exact) mass is 432 g/mol. The number of aromatic amines is 1. The van der Waals surface area contributed by atoms with E-state index >= 15 is 0 Å². The molecular formula is C26H28N2O4. The topological polar surface area (TPSA) is 71.6 Å². The van der Waals surface area contributed by atoms with Crippen LogP contribution in [0.3, 0.4) is 0 Å². The Hall–Kier alpha value is -3.38. The second-order valence-corrected chi connectivity index (χ2v) is 8.21. The number of ketones is 1. The Bertz CT molecular complexity index is 1040. The van der Waals surface area contributed by atoms with E-state index in [1.807, 2.05) is 12.1 Å². The lowest BCUT2D eigenvalue weighted by molar-refractivity contribution is 0.0236. The van der Waals surface area contributed by atoms with Crippen LogP contribution in [0.1, 0.15) is 50.7 Å². The first-order valence-corrected chi connectivity index (χ1v) is 10.9. The maximum atomic E-state index is 12.7. The SMILES string of the molecule is COc1ccc(C2C(COC(=O)c3ccc(C(=O)c4cc[nH]c4)cc3)CCCN2C)cc1. The summed E-state index contributed by atoms with van der Waals surface area (Å²) in [6.07, 6.45) is 5.44. The van der Waals surface area contributed by atoms with Gasteiger partial charge in [-0.05, 0) is 62.3 Å². The molecule has 1 saturated heterocycles. The van der Waals surface area contributed by atoms with Crippen molar-refractivity contribution in [2.24, 2.45) is 5.92 Å². The number of aromatic nitrogens is 1. The third-order valence-corrected chi connectivity index (χ3v) is 6.14. The van der Waals surface area contributed by atoms with Gasteiger partial charge in [0.1, 0.15) is 5.75 Å². The second-order valence-electron chi connectivity index (χ2n) is 8.21. The fourth-order valence-corrected chi connectivity index (χ4v) is 4.42. The number of ether oxygens (including phenoxy) is 2. The van der Waals surface area contributed by atoms with Crippen molar-refractivity contribution in [1.29, 1.82) is 0 Å². The van der Waals surface area contributed by atoms with Gasteiger partial charge in [0, 0.05) is 35.5 Å². The number of rotatable bonds is 7. The molecule has 0 radical (unpaired) electrons. The van der Waals surface area contributed by atoms with Crippen LogP contribution in [-0.2, 0) is 4.74 Å². The number of benzene rings is 2. The quantitative estimate of drug-likeness (QED) is 0.440. The highest BCUT2D eigenvalue weighted by Gasteiger charge is 2.31. The summed E-state index contributed by atoms with van der Waals surface area (Å²) in [5.41, 5.74) is 2.77. The van der Waals surface area contributed by atoms with Crippen LogP contribution < -0.4 is 4.74 Å². The van der Waals surface area contributed by atoms with E-state index in [1.165, 1.54) is 5.56 Å². The molecule has 6 nitrogen and oxygen atoms in total. The summed E-state index contributed by atoms with van der Waals surface area (Å²) in [4.78, 5) is 30.3. The number of hydrogen-bond donors (Lipinski definition) is 1. The van der Waals surface area contributed by atoms with Crippen molar-refractivity contribution in [3.05, 3.63) is 89.2 Å². The number of nitrogens with zero attached hydrogens (tertiary/aromatic N) is 1. The Morgan fingerprint density at radius 2 is 1.72 bits per heavy atom. The van der Waals surface area contributed by atoms with E-state index in [0.717, 1.165) is 25.1 Å². The minimum Gasteiger partial charge on any atom is -0.497 e. The van der Waals surface area contributed by atoms with E-state index in [4.69, 9.17) is 9.47 Å². The number of carbonyl (C=O) groups excluding carboxylic acids is 2. The van der Waals surface area contributed by atoms with Crippen molar-refractivity contribution in [2.45, 2.75) is 18.9 Å². The van der Waals surface area contributed by atoms with Crippen LogP contribution in [0.4, 0.5) is 0 Å². The first kappa shape index (κ1) is 21.8. The molecule has 3 aromatic rings. The summed E-state index contributed by atoms with van der Waals surface area (Å²) < 4.78 is 11.0. The first-order chi connectivity index (χ1) is 15.6. The number of likely N-dealkylation sites (tertiary alicyclic amines) is 1. The Labute approximate surface area is 188 Å². The van der Waals surface area contributed by atoms with Crippen molar-refractivity contribution in [1.82, 2.24) is 9.88 Å². The van der Waals surface area contributed by atoms with E-state index in [2.05, 4.69) is 29.1 Å². The average molecular weight is 433 g/mol. The van der Waals surface area contributed by atoms with Crippen molar-refractivity contribution >= 4 is 11.8 Å². The van der Waals surface area contributed by atoms with E-state index in [-0.39, 0.29) is 23.7 Å². The normalized spacial score (nSPS) is 18.8. The lowest BCUT2D eigenvalue weighted by atomic mass is 9.85. The molecule has 32 heavy (non-hydrogen) atoms. The lowest BCUT2D eigenvalue weighted by Gasteiger charge is -2.39. The van der Waals surface area contributed by atoms with E-state index in [0.29, 0.717) is 23.3 Å². The molecule has 0 saturated carbocycles. The molecule has 6 heteroatoms. The van der Waals surface area contributed by atoms with Crippen LogP contribution in [0.2, 0.25) is 0 Å². The van der Waals surface area contributed by atoms with Crippen LogP contribution in [0.15, 0.2) is 67.0 Å². The van der Waals surface area contributed by atoms with Gasteiger partial charge in [-0.1, -0.05) is 24.3 Å². The van der Waals surface area contributed by atoms with Crippen LogP contribution in [0.25, 0.3) is 0 Å². The van der Waals surface area contributed by atoms with Gasteiger partial charge in [0.25, 0.3) is 0 Å². The molecule has 2 atom stereocenters. The molecular weight excluding hydrogens is 404 g/mol. The fourth-order valence-electron chi connectivity index (χ4n) is 4.42. The summed E-state index contributed by atoms with van der Waals surface area (Å²) in [7, 11) is 3.77. The van der Waals surface area contributed by atoms with E-state index in [1.54, 1.807) is 49.8 Å². The van der Waals surface area contributed by atoms with Crippen molar-refractivity contribution in [3.63, 3.8) is 0 Å². The minimum absolute atomic E-state index is 0.0845. The first-order valence-electron chi connectivity index (χ1n) is 10.9. The van der Waals surface area contributed by atoms with E-state index in [9.17, 15) is 9.59 Å². The maximum absolute atomic E-state index is 12.7. The number of esters is 1. The maximum Gasteiger partial charge on any atom is 0.338 e. The molecule has 1 fully saturated rings. The highest BCUT2D eigenvalue weighted by Crippen LogP contribution is 2.36. The third kappa shape index (κ3) is 4.75. The number of hydrogen-bond acceptors (Lipinski definition) is 5. The fraction of sp³-hybridized carbons (Fsp3) is 0.308. The molecule has 1 aliphatic heterocycles. The summed E-state index contributed by atoms with van der Waals surface area (Å²) in [6, 6.07) is 16.6. The number of carbonyl (C=O) groups is 2. The Morgan fingerprint density at radius 3 is 2.38 bits per heavy atom. The molecule has 1 N–H and O–H groups in total. The van der Waals surface area contributed by atoms with Crippen LogP contribution >= 0.6 is 0 Å². The summed E-state index contributed by atoms with van der Waals surface area (Å²) in [5.74, 6) is 0.584. The highest BCUT2D eigenvalue weighted by atomic mass is 16.5. The van der Waals surface area contributed by atoms with Crippen molar-refractivity contribution in [3.8, 4) is 5.75 Å². The van der Waals surface area contributed by atoms with Gasteiger partial charge in [-0.2, -0.15) is 0 Å². The average Bonchev–Trinajstić information content (AvgIpc) is 3.37. The standard InChI is InChI=1S/C26H28N2O4/c1-28-15-3-4-22(24(28)18-9-11-23(31-2)12-10-18)17-32-26(30)20-7-5-19(6-8-20)25(29)21-13-14-27-16-21/h5-14,16,22,24,27H,3-4,15,17H2,1-2H3. The Balaban J connectivity index is 1.41. The van der Waals surface area contributed by atoms with Gasteiger partial charge in [-0.15, -0.1) is 0 Å². The number of piperidine rings is 1. The number of methoxy groups -OCH3 is 1. The summed E-state index contributed by atoms with van der Waals surface area (Å²) >= 11 is 0. The predicted octanol–water partition coefficient (Wildman–Crippen LogP) is 4.49. The number of H-pyrrole nitrogens is 1. The lowest BCUT2D eigenvalue weighted by Crippen LogP contribution is -2.38. The molecule has 166 valence electrons. The van der Waals surface area contributed by atoms with Gasteiger partial charge in [0.15, 0.2) is 5.78 Å². The molecule has 0 spiro atoms. The molecule has 2 aromatic carbocycles. The molecule has 0 bridgehead atoms. The number of nitrogens with one attached hydrogen (secondary N) is 1. The second kappa shape index (κ2) is 9.83. The van der Waals surface area contributed by atoms with Crippen LogP contribution in [-0.4, -0.2) is 48.9 Å². The Morgan fingerprint density at radius 1 is 1.00 bits per heavy atom. The van der Waals surface area contributed by atoms with Gasteiger partial charge in [0.05, 0.1) is 19.3 Å². The predicted molar refractivity (Wildman–Crippen MR) is 122 cm³/mol. The Kier molecular flexibility index (Phi) is 6.71. The molecule has 1 aliphatic rings. The third-order valence-electron chi connectivity index (χ3n) is 6.14. The molecule has 0 amide bonds. The van der Waals surface area contributed by atoms with Crippen molar-refractivity contribution in [2.75, 3.05) is 27.3 Å². The van der Waals surface area contributed by atoms with Gasteiger partial charge < -0.3 is 14.5 Å². The molecule has 2 unspecified atom stereocenters. The zero-order valence-electron chi connectivity index (χ0n) is 18.4. The minimum atomic E-state index is -0.368. The zero-order valence-corrected chi connectivity index (χ0v) is 18.4. The van der Waals surface area contributed by atoms with Gasteiger partial charge in [0.2, 0.25) is 0 Å².